The highest BCUT2D eigenvalue weighted by atomic mass is 31.2. The minimum absolute atomic E-state index is 0.201. The number of fused-ring (bicyclic) bond motifs is 7. The molecule has 2 aliphatic heterocycles. The molecular formula is C25H31N2O6P. The molecule has 3 aromatic carbocycles. The van der Waals surface area contributed by atoms with Crippen LogP contribution >= 0.6 is 7.75 Å². The van der Waals surface area contributed by atoms with Gasteiger partial charge in [0.1, 0.15) is 5.75 Å². The van der Waals surface area contributed by atoms with Gasteiger partial charge < -0.3 is 14.2 Å². The van der Waals surface area contributed by atoms with Crippen LogP contribution in [0, 0.1) is 0 Å². The van der Waals surface area contributed by atoms with Crippen molar-refractivity contribution in [3.05, 3.63) is 41.5 Å². The van der Waals surface area contributed by atoms with E-state index in [9.17, 15) is 4.57 Å². The van der Waals surface area contributed by atoms with E-state index in [1.165, 1.54) is 30.7 Å². The van der Waals surface area contributed by atoms with Gasteiger partial charge >= 0.3 is 7.75 Å². The standard InChI is InChI=1S/C25H31N2O6P/c1-29-17-6-7-18-20(11-17)22-13-25(31-3)24(30-2)12-21(22)19-10-16-14-27(34(28,32-4)33-5)9-8-26(16)15-23(18)19/h6-7,11-13,16H,8-10,14-15H2,1-5H3/t16-/m0/s1. The molecule has 0 amide bonds. The molecule has 8 nitrogen and oxygen atoms in total. The quantitative estimate of drug-likeness (QED) is 0.374. The lowest BCUT2D eigenvalue weighted by Crippen LogP contribution is -2.54. The molecule has 1 saturated heterocycles. The molecule has 0 unspecified atom stereocenters. The van der Waals surface area contributed by atoms with Crippen LogP contribution in [0.1, 0.15) is 11.1 Å². The third kappa shape index (κ3) is 3.65. The molecule has 0 radical (unpaired) electrons. The number of hydrogen-bond donors (Lipinski definition) is 0. The van der Waals surface area contributed by atoms with Crippen LogP contribution in [0.4, 0.5) is 0 Å². The van der Waals surface area contributed by atoms with E-state index >= 15 is 0 Å². The molecule has 0 N–H and O–H groups in total. The fraction of sp³-hybridized carbons (Fsp3) is 0.440. The van der Waals surface area contributed by atoms with Gasteiger partial charge in [0.2, 0.25) is 0 Å². The molecule has 1 fully saturated rings. The smallest absolute Gasteiger partial charge is 0.407 e. The fourth-order valence-electron chi connectivity index (χ4n) is 5.47. The molecule has 2 heterocycles. The predicted octanol–water partition coefficient (Wildman–Crippen LogP) is 4.46. The molecule has 5 rings (SSSR count). The summed E-state index contributed by atoms with van der Waals surface area (Å²) in [5, 5.41) is 4.60. The van der Waals surface area contributed by atoms with Crippen molar-refractivity contribution in [1.29, 1.82) is 0 Å². The maximum Gasteiger partial charge on any atom is 0.407 e. The maximum atomic E-state index is 13.0. The summed E-state index contributed by atoms with van der Waals surface area (Å²) in [4.78, 5) is 2.48. The van der Waals surface area contributed by atoms with E-state index in [1.807, 2.05) is 10.7 Å². The van der Waals surface area contributed by atoms with Gasteiger partial charge in [-0.3, -0.25) is 13.9 Å². The van der Waals surface area contributed by atoms with Crippen LogP contribution in [-0.4, -0.2) is 70.8 Å². The van der Waals surface area contributed by atoms with E-state index in [0.29, 0.717) is 24.6 Å². The van der Waals surface area contributed by atoms with Gasteiger partial charge in [0.25, 0.3) is 0 Å². The highest BCUT2D eigenvalue weighted by molar-refractivity contribution is 7.51. The summed E-state index contributed by atoms with van der Waals surface area (Å²) >= 11 is 0. The summed E-state index contributed by atoms with van der Waals surface area (Å²) in [7, 11) is 4.63. The Bertz CT molecular complexity index is 1290. The zero-order valence-corrected chi connectivity index (χ0v) is 21.2. The van der Waals surface area contributed by atoms with Crippen LogP contribution in [-0.2, 0) is 26.6 Å². The normalized spacial score (nSPS) is 19.1. The van der Waals surface area contributed by atoms with E-state index < -0.39 is 7.75 Å². The molecule has 182 valence electrons. The zero-order valence-electron chi connectivity index (χ0n) is 20.3. The van der Waals surface area contributed by atoms with Crippen LogP contribution in [0.3, 0.4) is 0 Å². The van der Waals surface area contributed by atoms with Gasteiger partial charge in [-0.2, -0.15) is 0 Å². The first-order chi connectivity index (χ1) is 16.5. The number of methoxy groups -OCH3 is 3. The minimum Gasteiger partial charge on any atom is -0.497 e. The number of piperazine rings is 1. The van der Waals surface area contributed by atoms with Crippen LogP contribution in [0.5, 0.6) is 17.2 Å². The summed E-state index contributed by atoms with van der Waals surface area (Å²) in [6.07, 6.45) is 0.827. The van der Waals surface area contributed by atoms with Gasteiger partial charge in [0.15, 0.2) is 11.5 Å². The molecule has 34 heavy (non-hydrogen) atoms. The fourth-order valence-corrected chi connectivity index (χ4v) is 6.81. The lowest BCUT2D eigenvalue weighted by molar-refractivity contribution is 0.0797. The van der Waals surface area contributed by atoms with Gasteiger partial charge in [-0.15, -0.1) is 0 Å². The first-order valence-corrected chi connectivity index (χ1v) is 12.8. The largest absolute Gasteiger partial charge is 0.497 e. The Morgan fingerprint density at radius 1 is 0.794 bits per heavy atom. The van der Waals surface area contributed by atoms with Crippen molar-refractivity contribution in [3.8, 4) is 17.2 Å². The topological polar surface area (TPSA) is 69.7 Å². The molecule has 9 heteroatoms. The Labute approximate surface area is 199 Å². The van der Waals surface area contributed by atoms with Gasteiger partial charge in [-0.25, -0.2) is 9.24 Å². The third-order valence-electron chi connectivity index (χ3n) is 7.25. The molecule has 3 aromatic rings. The van der Waals surface area contributed by atoms with Crippen LogP contribution in [0.25, 0.3) is 21.5 Å². The summed E-state index contributed by atoms with van der Waals surface area (Å²) in [6, 6.07) is 10.6. The molecule has 2 aliphatic rings. The molecule has 1 atom stereocenters. The number of nitrogens with zero attached hydrogens (tertiary/aromatic N) is 2. The van der Waals surface area contributed by atoms with Gasteiger partial charge in [-0.05, 0) is 63.4 Å². The lowest BCUT2D eigenvalue weighted by Gasteiger charge is -2.45. The van der Waals surface area contributed by atoms with E-state index in [4.69, 9.17) is 23.3 Å². The van der Waals surface area contributed by atoms with Crippen molar-refractivity contribution in [1.82, 2.24) is 9.57 Å². The van der Waals surface area contributed by atoms with Crippen molar-refractivity contribution in [3.63, 3.8) is 0 Å². The third-order valence-corrected chi connectivity index (χ3v) is 9.23. The van der Waals surface area contributed by atoms with Crippen LogP contribution in [0.15, 0.2) is 30.3 Å². The second kappa shape index (κ2) is 9.02. The number of rotatable bonds is 6. The molecule has 0 aromatic heterocycles. The van der Waals surface area contributed by atoms with E-state index in [0.717, 1.165) is 41.4 Å². The number of hydrogen-bond acceptors (Lipinski definition) is 7. The second-order valence-corrected chi connectivity index (χ2v) is 10.9. The van der Waals surface area contributed by atoms with E-state index in [1.54, 1.807) is 21.3 Å². The predicted molar refractivity (Wildman–Crippen MR) is 132 cm³/mol. The van der Waals surface area contributed by atoms with Gasteiger partial charge in [-0.1, -0.05) is 6.07 Å². The van der Waals surface area contributed by atoms with Gasteiger partial charge in [0, 0.05) is 46.4 Å². The summed E-state index contributed by atoms with van der Waals surface area (Å²) < 4.78 is 42.3. The monoisotopic (exact) mass is 486 g/mol. The summed E-state index contributed by atoms with van der Waals surface area (Å²) in [5.41, 5.74) is 2.62. The number of benzene rings is 3. The first kappa shape index (κ1) is 23.4. The Morgan fingerprint density at radius 2 is 1.47 bits per heavy atom. The Morgan fingerprint density at radius 3 is 2.12 bits per heavy atom. The number of ether oxygens (including phenoxy) is 3. The Hall–Kier alpha value is -2.35. The SMILES string of the molecule is COc1ccc2c3c(c4cc(OC)c(OC)cc4c2c1)C[C@H]1CN(P(=O)(OC)OC)CCN1C3. The molecule has 0 aliphatic carbocycles. The first-order valence-electron chi connectivity index (χ1n) is 11.3. The molecule has 0 bridgehead atoms. The van der Waals surface area contributed by atoms with Crippen molar-refractivity contribution in [2.24, 2.45) is 0 Å². The van der Waals surface area contributed by atoms with Gasteiger partial charge in [0.05, 0.1) is 21.3 Å². The van der Waals surface area contributed by atoms with Crippen molar-refractivity contribution < 1.29 is 27.8 Å². The highest BCUT2D eigenvalue weighted by Gasteiger charge is 2.40. The van der Waals surface area contributed by atoms with Crippen LogP contribution in [0.2, 0.25) is 0 Å². The minimum atomic E-state index is -3.27. The van der Waals surface area contributed by atoms with E-state index in [-0.39, 0.29) is 6.04 Å². The Kier molecular flexibility index (Phi) is 6.21. The lowest BCUT2D eigenvalue weighted by atomic mass is 9.84. The van der Waals surface area contributed by atoms with Crippen molar-refractivity contribution in [2.45, 2.75) is 19.0 Å². The zero-order chi connectivity index (χ0) is 24.0. The molecule has 0 saturated carbocycles. The average molecular weight is 487 g/mol. The molecule has 0 spiro atoms. The summed E-state index contributed by atoms with van der Waals surface area (Å²) in [6.45, 7) is 2.87. The van der Waals surface area contributed by atoms with Crippen molar-refractivity contribution in [2.75, 3.05) is 55.2 Å². The second-order valence-electron chi connectivity index (χ2n) is 8.70. The van der Waals surface area contributed by atoms with E-state index in [2.05, 4.69) is 29.2 Å². The Balaban J connectivity index is 1.69. The summed E-state index contributed by atoms with van der Waals surface area (Å²) in [5.74, 6) is 2.22. The molecular weight excluding hydrogens is 455 g/mol. The highest BCUT2D eigenvalue weighted by Crippen LogP contribution is 2.52. The van der Waals surface area contributed by atoms with Crippen LogP contribution < -0.4 is 14.2 Å². The van der Waals surface area contributed by atoms with Crippen molar-refractivity contribution >= 4 is 29.3 Å². The average Bonchev–Trinajstić information content (AvgIpc) is 2.90. The maximum absolute atomic E-state index is 13.0.